The van der Waals surface area contributed by atoms with E-state index in [1.807, 2.05) is 4.90 Å². The predicted molar refractivity (Wildman–Crippen MR) is 94.2 cm³/mol. The zero-order valence-corrected chi connectivity index (χ0v) is 14.7. The summed E-state index contributed by atoms with van der Waals surface area (Å²) in [5, 5.41) is 2.94. The number of amides is 1. The van der Waals surface area contributed by atoms with Crippen molar-refractivity contribution in [2.45, 2.75) is 25.9 Å². The molecule has 2 aromatic rings. The van der Waals surface area contributed by atoms with Crippen LogP contribution in [0.15, 0.2) is 35.8 Å². The van der Waals surface area contributed by atoms with E-state index < -0.39 is 0 Å². The molecule has 2 aliphatic heterocycles. The number of aromatic nitrogens is 3. The van der Waals surface area contributed by atoms with Crippen molar-refractivity contribution in [2.75, 3.05) is 13.1 Å². The van der Waals surface area contributed by atoms with E-state index in [-0.39, 0.29) is 29.2 Å². The molecule has 136 valence electrons. The van der Waals surface area contributed by atoms with Crippen LogP contribution in [-0.2, 0) is 6.54 Å². The van der Waals surface area contributed by atoms with Crippen molar-refractivity contribution < 1.29 is 14.4 Å². The fourth-order valence-electron chi connectivity index (χ4n) is 3.84. The van der Waals surface area contributed by atoms with Crippen LogP contribution in [-0.4, -0.2) is 50.0 Å². The van der Waals surface area contributed by atoms with E-state index in [0.717, 1.165) is 13.1 Å². The van der Waals surface area contributed by atoms with Crippen LogP contribution < -0.4 is 5.32 Å². The van der Waals surface area contributed by atoms with Gasteiger partial charge in [0.05, 0.1) is 17.3 Å². The highest BCUT2D eigenvalue weighted by molar-refractivity contribution is 6.25. The monoisotopic (exact) mass is 363 g/mol. The summed E-state index contributed by atoms with van der Waals surface area (Å²) in [6.07, 6.45) is 3.73. The zero-order chi connectivity index (χ0) is 18.7. The molecule has 27 heavy (non-hydrogen) atoms. The predicted octanol–water partition coefficient (Wildman–Crippen LogP) is 1.12. The van der Waals surface area contributed by atoms with Crippen LogP contribution in [0.25, 0.3) is 0 Å². The highest BCUT2D eigenvalue weighted by Crippen LogP contribution is 2.36. The molecule has 4 heterocycles. The van der Waals surface area contributed by atoms with Crippen molar-refractivity contribution in [1.82, 2.24) is 24.8 Å². The SMILES string of the molecule is CC1=C(N2CC2)C(=O)c2nc3n(c2C1=O)CCC3NC(=O)c1cccnc1. The van der Waals surface area contributed by atoms with E-state index >= 15 is 0 Å². The summed E-state index contributed by atoms with van der Waals surface area (Å²) in [6, 6.07) is 3.05. The normalized spacial score (nSPS) is 20.6. The number of carbonyl (C=O) groups is 3. The minimum atomic E-state index is -0.339. The maximum Gasteiger partial charge on any atom is 0.253 e. The Morgan fingerprint density at radius 2 is 2.04 bits per heavy atom. The van der Waals surface area contributed by atoms with Gasteiger partial charge in [-0.3, -0.25) is 19.4 Å². The van der Waals surface area contributed by atoms with Gasteiger partial charge in [-0.25, -0.2) is 4.98 Å². The van der Waals surface area contributed by atoms with E-state index in [2.05, 4.69) is 15.3 Å². The van der Waals surface area contributed by atoms with Gasteiger partial charge in [-0.05, 0) is 25.5 Å². The van der Waals surface area contributed by atoms with E-state index in [1.54, 1.807) is 29.8 Å². The molecule has 1 amide bonds. The number of allylic oxidation sites excluding steroid dienone is 2. The number of ketones is 2. The van der Waals surface area contributed by atoms with Gasteiger partial charge in [0.25, 0.3) is 5.91 Å². The molecule has 1 fully saturated rings. The summed E-state index contributed by atoms with van der Waals surface area (Å²) in [4.78, 5) is 48.6. The molecule has 0 spiro atoms. The first-order valence-electron chi connectivity index (χ1n) is 8.93. The fourth-order valence-corrected chi connectivity index (χ4v) is 3.84. The van der Waals surface area contributed by atoms with E-state index in [1.165, 1.54) is 6.20 Å². The number of rotatable bonds is 3. The van der Waals surface area contributed by atoms with Gasteiger partial charge in [-0.15, -0.1) is 0 Å². The van der Waals surface area contributed by atoms with Gasteiger partial charge in [0.1, 0.15) is 17.2 Å². The summed E-state index contributed by atoms with van der Waals surface area (Å²) in [5.41, 5.74) is 1.98. The van der Waals surface area contributed by atoms with Gasteiger partial charge in [0.15, 0.2) is 0 Å². The summed E-state index contributed by atoms with van der Waals surface area (Å²) in [5.74, 6) is -0.0265. The third-order valence-corrected chi connectivity index (χ3v) is 5.28. The number of hydrogen-bond donors (Lipinski definition) is 1. The third-order valence-electron chi connectivity index (χ3n) is 5.28. The van der Waals surface area contributed by atoms with Gasteiger partial charge in [-0.1, -0.05) is 0 Å². The number of imidazole rings is 1. The quantitative estimate of drug-likeness (QED) is 0.821. The summed E-state index contributed by atoms with van der Waals surface area (Å²) >= 11 is 0. The highest BCUT2D eigenvalue weighted by Gasteiger charge is 2.43. The minimum absolute atomic E-state index is 0.149. The lowest BCUT2D eigenvalue weighted by Gasteiger charge is -2.17. The lowest BCUT2D eigenvalue weighted by atomic mass is 9.95. The Hall–Kier alpha value is -3.29. The minimum Gasteiger partial charge on any atom is -0.364 e. The largest absolute Gasteiger partial charge is 0.364 e. The van der Waals surface area contributed by atoms with Crippen molar-refractivity contribution in [3.63, 3.8) is 0 Å². The molecule has 1 saturated heterocycles. The molecule has 1 unspecified atom stereocenters. The first-order valence-corrected chi connectivity index (χ1v) is 8.93. The van der Waals surface area contributed by atoms with Crippen LogP contribution in [0.5, 0.6) is 0 Å². The van der Waals surface area contributed by atoms with Crippen molar-refractivity contribution >= 4 is 17.5 Å². The molecule has 0 bridgehead atoms. The summed E-state index contributed by atoms with van der Waals surface area (Å²) in [6.45, 7) is 3.82. The Bertz CT molecular complexity index is 1030. The van der Waals surface area contributed by atoms with Crippen LogP contribution in [0.4, 0.5) is 0 Å². The van der Waals surface area contributed by atoms with Crippen LogP contribution in [0.1, 0.15) is 56.5 Å². The van der Waals surface area contributed by atoms with Gasteiger partial charge in [-0.2, -0.15) is 0 Å². The second kappa shape index (κ2) is 5.60. The topological polar surface area (TPSA) is 97.0 Å². The zero-order valence-electron chi connectivity index (χ0n) is 14.7. The highest BCUT2D eigenvalue weighted by atomic mass is 16.2. The Kier molecular flexibility index (Phi) is 3.30. The Morgan fingerprint density at radius 1 is 1.22 bits per heavy atom. The molecule has 8 nitrogen and oxygen atoms in total. The van der Waals surface area contributed by atoms with Crippen LogP contribution in [0.3, 0.4) is 0 Å². The van der Waals surface area contributed by atoms with E-state index in [0.29, 0.717) is 41.3 Å². The average molecular weight is 363 g/mol. The average Bonchev–Trinajstić information content (AvgIpc) is 3.32. The molecule has 0 aromatic carbocycles. The van der Waals surface area contributed by atoms with Crippen molar-refractivity contribution in [3.05, 3.63) is 58.6 Å². The van der Waals surface area contributed by atoms with E-state index in [9.17, 15) is 14.4 Å². The lowest BCUT2D eigenvalue weighted by molar-refractivity contribution is 0.0934. The summed E-state index contributed by atoms with van der Waals surface area (Å²) < 4.78 is 1.78. The molecule has 0 saturated carbocycles. The van der Waals surface area contributed by atoms with Gasteiger partial charge >= 0.3 is 0 Å². The molecule has 1 aliphatic carbocycles. The molecular weight excluding hydrogens is 346 g/mol. The smallest absolute Gasteiger partial charge is 0.253 e. The Morgan fingerprint density at radius 3 is 2.74 bits per heavy atom. The molecule has 1 atom stereocenters. The summed E-state index contributed by atoms with van der Waals surface area (Å²) in [7, 11) is 0. The van der Waals surface area contributed by atoms with Gasteiger partial charge in [0.2, 0.25) is 11.6 Å². The Balaban J connectivity index is 1.48. The molecule has 2 aromatic heterocycles. The molecular formula is C19H17N5O3. The molecule has 1 N–H and O–H groups in total. The molecule has 3 aliphatic rings. The number of hydrogen-bond acceptors (Lipinski definition) is 6. The third kappa shape index (κ3) is 2.33. The standard InChI is InChI=1S/C19H17N5O3/c1-10-14(23-7-8-23)17(26)13-15(16(10)25)24-6-4-12(18(24)22-13)21-19(27)11-3-2-5-20-9-11/h2-3,5,9,12H,4,6-8H2,1H3,(H,21,27). The van der Waals surface area contributed by atoms with Crippen molar-refractivity contribution in [1.29, 1.82) is 0 Å². The number of nitrogens with one attached hydrogen (secondary N) is 1. The number of pyridine rings is 1. The Labute approximate surface area is 154 Å². The second-order valence-corrected chi connectivity index (χ2v) is 6.99. The maximum atomic E-state index is 12.9. The first-order chi connectivity index (χ1) is 13.1. The number of nitrogens with zero attached hydrogens (tertiary/aromatic N) is 4. The van der Waals surface area contributed by atoms with E-state index in [4.69, 9.17) is 0 Å². The molecule has 0 radical (unpaired) electrons. The van der Waals surface area contributed by atoms with Gasteiger partial charge in [0, 0.05) is 37.6 Å². The maximum absolute atomic E-state index is 12.9. The van der Waals surface area contributed by atoms with Gasteiger partial charge < -0.3 is 14.8 Å². The van der Waals surface area contributed by atoms with Crippen molar-refractivity contribution in [2.24, 2.45) is 0 Å². The van der Waals surface area contributed by atoms with Crippen molar-refractivity contribution in [3.8, 4) is 0 Å². The second-order valence-electron chi connectivity index (χ2n) is 6.99. The van der Waals surface area contributed by atoms with Crippen LogP contribution in [0, 0.1) is 0 Å². The molecule has 8 heteroatoms. The number of carbonyl (C=O) groups excluding carboxylic acids is 3. The first kappa shape index (κ1) is 15.9. The number of Topliss-reactive ketones (excluding diaryl/α,β-unsaturated/α-hetero) is 2. The number of fused-ring (bicyclic) bond motifs is 3. The fraction of sp³-hybridized carbons (Fsp3) is 0.316. The lowest BCUT2D eigenvalue weighted by Crippen LogP contribution is -2.28. The molecule has 5 rings (SSSR count). The van der Waals surface area contributed by atoms with Crippen LogP contribution in [0.2, 0.25) is 0 Å². The van der Waals surface area contributed by atoms with Crippen LogP contribution >= 0.6 is 0 Å².